The summed E-state index contributed by atoms with van der Waals surface area (Å²) in [5, 5.41) is 8.76. The number of carbonyl (C=O) groups is 2. The van der Waals surface area contributed by atoms with E-state index >= 15 is 0 Å². The van der Waals surface area contributed by atoms with Crippen LogP contribution in [0.3, 0.4) is 0 Å². The molecular formula is C17H15ClIN3O2S. The van der Waals surface area contributed by atoms with E-state index in [2.05, 4.69) is 38.5 Å². The third kappa shape index (κ3) is 5.65. The second-order valence-electron chi connectivity index (χ2n) is 4.98. The van der Waals surface area contributed by atoms with Crippen molar-refractivity contribution in [2.45, 2.75) is 13.3 Å². The summed E-state index contributed by atoms with van der Waals surface area (Å²) in [7, 11) is 0. The smallest absolute Gasteiger partial charge is 0.258 e. The van der Waals surface area contributed by atoms with Crippen LogP contribution in [0.15, 0.2) is 42.5 Å². The molecule has 2 amide bonds. The zero-order valence-corrected chi connectivity index (χ0v) is 17.0. The molecule has 2 aromatic rings. The van der Waals surface area contributed by atoms with Crippen molar-refractivity contribution in [2.24, 2.45) is 0 Å². The van der Waals surface area contributed by atoms with Crippen LogP contribution in [0.4, 0.5) is 11.4 Å². The molecule has 0 fully saturated rings. The normalized spacial score (nSPS) is 10.0. The van der Waals surface area contributed by atoms with Crippen molar-refractivity contribution in [3.8, 4) is 0 Å². The minimum absolute atomic E-state index is 0.109. The van der Waals surface area contributed by atoms with E-state index in [9.17, 15) is 9.59 Å². The number of anilines is 2. The molecule has 0 bridgehead atoms. The van der Waals surface area contributed by atoms with Gasteiger partial charge in [-0.05, 0) is 65.1 Å². The minimum atomic E-state index is -0.311. The first-order valence-electron chi connectivity index (χ1n) is 7.37. The van der Waals surface area contributed by atoms with E-state index in [0.717, 1.165) is 3.57 Å². The highest BCUT2D eigenvalue weighted by Gasteiger charge is 2.12. The number of rotatable bonds is 4. The monoisotopic (exact) mass is 487 g/mol. The summed E-state index contributed by atoms with van der Waals surface area (Å²) >= 11 is 13.4. The molecule has 0 aliphatic heterocycles. The van der Waals surface area contributed by atoms with Gasteiger partial charge in [0.25, 0.3) is 5.91 Å². The number of halogens is 2. The lowest BCUT2D eigenvalue weighted by Gasteiger charge is -2.13. The van der Waals surface area contributed by atoms with Crippen LogP contribution in [0, 0.1) is 3.57 Å². The summed E-state index contributed by atoms with van der Waals surface area (Å²) in [5.74, 6) is -0.420. The molecular weight excluding hydrogens is 473 g/mol. The molecule has 0 atom stereocenters. The Bertz CT molecular complexity index is 829. The maximum atomic E-state index is 12.3. The van der Waals surface area contributed by atoms with Crippen LogP contribution in [0.25, 0.3) is 0 Å². The summed E-state index contributed by atoms with van der Waals surface area (Å²) in [6, 6.07) is 12.2. The van der Waals surface area contributed by atoms with E-state index in [0.29, 0.717) is 28.4 Å². The fourth-order valence-corrected chi connectivity index (χ4v) is 2.92. The average molecular weight is 488 g/mol. The number of amides is 2. The van der Waals surface area contributed by atoms with Crippen molar-refractivity contribution in [3.63, 3.8) is 0 Å². The molecule has 2 rings (SSSR count). The maximum absolute atomic E-state index is 12.3. The van der Waals surface area contributed by atoms with Crippen molar-refractivity contribution in [1.29, 1.82) is 0 Å². The van der Waals surface area contributed by atoms with Gasteiger partial charge in [0, 0.05) is 15.7 Å². The van der Waals surface area contributed by atoms with Crippen LogP contribution in [-0.4, -0.2) is 16.9 Å². The van der Waals surface area contributed by atoms with Gasteiger partial charge in [0.05, 0.1) is 16.3 Å². The van der Waals surface area contributed by atoms with Gasteiger partial charge in [0.2, 0.25) is 5.91 Å². The highest BCUT2D eigenvalue weighted by atomic mass is 127. The number of benzene rings is 2. The topological polar surface area (TPSA) is 70.2 Å². The average Bonchev–Trinajstić information content (AvgIpc) is 2.58. The Kier molecular flexibility index (Phi) is 7.15. The van der Waals surface area contributed by atoms with E-state index < -0.39 is 0 Å². The van der Waals surface area contributed by atoms with Gasteiger partial charge in [-0.3, -0.25) is 14.9 Å². The Morgan fingerprint density at radius 1 is 1.16 bits per heavy atom. The Morgan fingerprint density at radius 2 is 1.88 bits per heavy atom. The number of carbonyl (C=O) groups excluding carboxylic acids is 2. The Labute approximate surface area is 169 Å². The number of thiocarbonyl (C=S) groups is 1. The molecule has 0 aliphatic carbocycles. The molecule has 25 heavy (non-hydrogen) atoms. The minimum Gasteiger partial charge on any atom is -0.331 e. The van der Waals surface area contributed by atoms with Crippen molar-refractivity contribution >= 4 is 74.7 Å². The Morgan fingerprint density at radius 3 is 2.56 bits per heavy atom. The van der Waals surface area contributed by atoms with Crippen molar-refractivity contribution in [3.05, 3.63) is 56.6 Å². The SMILES string of the molecule is CCC(=O)Nc1ccc(Cl)c(NC(=S)NC(=O)c2ccccc2I)c1. The lowest BCUT2D eigenvalue weighted by molar-refractivity contribution is -0.115. The van der Waals surface area contributed by atoms with Crippen LogP contribution < -0.4 is 16.0 Å². The van der Waals surface area contributed by atoms with Gasteiger partial charge < -0.3 is 10.6 Å². The van der Waals surface area contributed by atoms with Gasteiger partial charge in [0.15, 0.2) is 5.11 Å². The quantitative estimate of drug-likeness (QED) is 0.441. The maximum Gasteiger partial charge on any atom is 0.258 e. The molecule has 2 aromatic carbocycles. The number of nitrogens with one attached hydrogen (secondary N) is 3. The Balaban J connectivity index is 2.07. The highest BCUT2D eigenvalue weighted by molar-refractivity contribution is 14.1. The first-order valence-corrected chi connectivity index (χ1v) is 9.23. The van der Waals surface area contributed by atoms with Gasteiger partial charge in [-0.1, -0.05) is 30.7 Å². The second-order valence-corrected chi connectivity index (χ2v) is 6.96. The second kappa shape index (κ2) is 9.12. The molecule has 0 aliphatic rings. The van der Waals surface area contributed by atoms with Gasteiger partial charge in [-0.2, -0.15) is 0 Å². The predicted octanol–water partition coefficient (Wildman–Crippen LogP) is 4.42. The Hall–Kier alpha value is -1.71. The molecule has 8 heteroatoms. The molecule has 0 spiro atoms. The number of hydrogen-bond acceptors (Lipinski definition) is 3. The fourth-order valence-electron chi connectivity index (χ4n) is 1.92. The number of hydrogen-bond donors (Lipinski definition) is 3. The van der Waals surface area contributed by atoms with Crippen LogP contribution in [-0.2, 0) is 4.79 Å². The van der Waals surface area contributed by atoms with Crippen molar-refractivity contribution in [1.82, 2.24) is 5.32 Å². The zero-order chi connectivity index (χ0) is 18.4. The highest BCUT2D eigenvalue weighted by Crippen LogP contribution is 2.25. The summed E-state index contributed by atoms with van der Waals surface area (Å²) in [5.41, 5.74) is 1.61. The van der Waals surface area contributed by atoms with Gasteiger partial charge >= 0.3 is 0 Å². The molecule has 0 saturated heterocycles. The van der Waals surface area contributed by atoms with E-state index in [1.54, 1.807) is 37.3 Å². The predicted molar refractivity (Wildman–Crippen MR) is 113 cm³/mol. The van der Waals surface area contributed by atoms with Crippen LogP contribution in [0.2, 0.25) is 5.02 Å². The molecule has 0 aromatic heterocycles. The fraction of sp³-hybridized carbons (Fsp3) is 0.118. The van der Waals surface area contributed by atoms with Crippen LogP contribution in [0.1, 0.15) is 23.7 Å². The summed E-state index contributed by atoms with van der Waals surface area (Å²) in [6.07, 6.45) is 0.371. The summed E-state index contributed by atoms with van der Waals surface area (Å²) in [4.78, 5) is 23.8. The van der Waals surface area contributed by atoms with E-state index in [1.807, 2.05) is 12.1 Å². The molecule has 0 saturated carbocycles. The molecule has 0 radical (unpaired) electrons. The molecule has 0 unspecified atom stereocenters. The van der Waals surface area contributed by atoms with Gasteiger partial charge in [-0.25, -0.2) is 0 Å². The molecule has 130 valence electrons. The van der Waals surface area contributed by atoms with E-state index in [-0.39, 0.29) is 16.9 Å². The third-order valence-electron chi connectivity index (χ3n) is 3.16. The molecule has 3 N–H and O–H groups in total. The van der Waals surface area contributed by atoms with Crippen LogP contribution in [0.5, 0.6) is 0 Å². The zero-order valence-electron chi connectivity index (χ0n) is 13.2. The lowest BCUT2D eigenvalue weighted by Crippen LogP contribution is -2.34. The van der Waals surface area contributed by atoms with E-state index in [1.165, 1.54) is 0 Å². The summed E-state index contributed by atoms with van der Waals surface area (Å²) in [6.45, 7) is 1.76. The lowest BCUT2D eigenvalue weighted by atomic mass is 10.2. The van der Waals surface area contributed by atoms with Crippen LogP contribution >= 0.6 is 46.4 Å². The van der Waals surface area contributed by atoms with Gasteiger partial charge in [0.1, 0.15) is 0 Å². The summed E-state index contributed by atoms with van der Waals surface area (Å²) < 4.78 is 0.822. The first kappa shape index (κ1) is 19.6. The van der Waals surface area contributed by atoms with Crippen molar-refractivity contribution in [2.75, 3.05) is 10.6 Å². The third-order valence-corrected chi connectivity index (χ3v) is 4.64. The van der Waals surface area contributed by atoms with E-state index in [4.69, 9.17) is 23.8 Å². The first-order chi connectivity index (χ1) is 11.9. The van der Waals surface area contributed by atoms with Gasteiger partial charge in [-0.15, -0.1) is 0 Å². The van der Waals surface area contributed by atoms with Crippen molar-refractivity contribution < 1.29 is 9.59 Å². The standard InChI is InChI=1S/C17H15ClIN3O2S/c1-2-15(23)20-10-7-8-12(18)14(9-10)21-17(25)22-16(24)11-5-3-4-6-13(11)19/h3-9H,2H2,1H3,(H,20,23)(H2,21,22,24,25). The molecule has 0 heterocycles. The molecule has 5 nitrogen and oxygen atoms in total. The largest absolute Gasteiger partial charge is 0.331 e.